The first-order chi connectivity index (χ1) is 8.71. The highest BCUT2D eigenvalue weighted by Gasteiger charge is 2.10. The lowest BCUT2D eigenvalue weighted by atomic mass is 10.2. The summed E-state index contributed by atoms with van der Waals surface area (Å²) < 4.78 is 10.9. The second-order valence-electron chi connectivity index (χ2n) is 4.44. The molecule has 1 heterocycles. The van der Waals surface area contributed by atoms with Crippen LogP contribution in [-0.2, 0) is 17.8 Å². The van der Waals surface area contributed by atoms with Gasteiger partial charge in [0.2, 0.25) is 0 Å². The van der Waals surface area contributed by atoms with Crippen molar-refractivity contribution in [3.05, 3.63) is 23.2 Å². The van der Waals surface area contributed by atoms with Crippen molar-refractivity contribution >= 4 is 0 Å². The molecule has 1 rings (SSSR count). The zero-order valence-electron chi connectivity index (χ0n) is 12.1. The number of hydrogen-bond donors (Lipinski definition) is 1. The Bertz CT molecular complexity index is 337. The highest BCUT2D eigenvalue weighted by Crippen LogP contribution is 2.16. The number of nitrogens with zero attached hydrogens (tertiary/aromatic N) is 1. The van der Waals surface area contributed by atoms with Gasteiger partial charge in [0.1, 0.15) is 11.5 Å². The van der Waals surface area contributed by atoms with Gasteiger partial charge in [0.05, 0.1) is 13.2 Å². The van der Waals surface area contributed by atoms with E-state index >= 15 is 0 Å². The van der Waals surface area contributed by atoms with Crippen molar-refractivity contribution in [1.29, 1.82) is 0 Å². The molecule has 1 N–H and O–H groups in total. The molecule has 0 saturated carbocycles. The van der Waals surface area contributed by atoms with Crippen molar-refractivity contribution in [2.75, 3.05) is 33.4 Å². The Morgan fingerprint density at radius 2 is 2.17 bits per heavy atom. The van der Waals surface area contributed by atoms with E-state index in [9.17, 15) is 0 Å². The minimum Gasteiger partial charge on any atom is -0.465 e. The molecule has 0 aliphatic heterocycles. The van der Waals surface area contributed by atoms with Crippen molar-refractivity contribution in [2.45, 2.75) is 33.9 Å². The van der Waals surface area contributed by atoms with Crippen LogP contribution in [0.5, 0.6) is 0 Å². The number of nitrogens with one attached hydrogen (secondary N) is 1. The Morgan fingerprint density at radius 1 is 1.39 bits per heavy atom. The summed E-state index contributed by atoms with van der Waals surface area (Å²) in [7, 11) is 1.74. The lowest BCUT2D eigenvalue weighted by Gasteiger charge is -2.19. The summed E-state index contributed by atoms with van der Waals surface area (Å²) >= 11 is 0. The van der Waals surface area contributed by atoms with E-state index in [1.54, 1.807) is 7.11 Å². The minimum atomic E-state index is 0.773. The molecular weight excluding hydrogens is 228 g/mol. The number of aryl methyl sites for hydroxylation is 1. The molecule has 0 spiro atoms. The Kier molecular flexibility index (Phi) is 7.01. The molecule has 0 radical (unpaired) electrons. The van der Waals surface area contributed by atoms with Crippen molar-refractivity contribution in [3.8, 4) is 0 Å². The molecule has 104 valence electrons. The molecule has 0 atom stereocenters. The summed E-state index contributed by atoms with van der Waals surface area (Å²) in [5.74, 6) is 2.05. The van der Waals surface area contributed by atoms with Gasteiger partial charge in [-0.1, -0.05) is 13.8 Å². The Labute approximate surface area is 110 Å². The van der Waals surface area contributed by atoms with E-state index in [2.05, 4.69) is 30.1 Å². The van der Waals surface area contributed by atoms with Gasteiger partial charge in [-0.15, -0.1) is 0 Å². The second kappa shape index (κ2) is 8.29. The fourth-order valence-corrected chi connectivity index (χ4v) is 1.89. The summed E-state index contributed by atoms with van der Waals surface area (Å²) in [6.45, 7) is 11.8. The molecule has 0 bridgehead atoms. The van der Waals surface area contributed by atoms with Crippen molar-refractivity contribution in [3.63, 3.8) is 0 Å². The van der Waals surface area contributed by atoms with Gasteiger partial charge in [0.25, 0.3) is 0 Å². The average molecular weight is 254 g/mol. The maximum Gasteiger partial charge on any atom is 0.118 e. The topological polar surface area (TPSA) is 37.6 Å². The van der Waals surface area contributed by atoms with Gasteiger partial charge in [0, 0.05) is 25.8 Å². The van der Waals surface area contributed by atoms with E-state index < -0.39 is 0 Å². The van der Waals surface area contributed by atoms with Crippen LogP contribution in [0.25, 0.3) is 0 Å². The molecule has 0 aliphatic carbocycles. The van der Waals surface area contributed by atoms with Gasteiger partial charge in [-0.25, -0.2) is 0 Å². The summed E-state index contributed by atoms with van der Waals surface area (Å²) in [5.41, 5.74) is 1.28. The summed E-state index contributed by atoms with van der Waals surface area (Å²) in [4.78, 5) is 2.36. The first-order valence-electron chi connectivity index (χ1n) is 6.71. The van der Waals surface area contributed by atoms with Crippen LogP contribution in [0.3, 0.4) is 0 Å². The number of furan rings is 1. The normalized spacial score (nSPS) is 11.4. The molecule has 1 aromatic rings. The average Bonchev–Trinajstić information content (AvgIpc) is 2.72. The van der Waals surface area contributed by atoms with E-state index in [1.165, 1.54) is 5.56 Å². The predicted molar refractivity (Wildman–Crippen MR) is 73.7 cm³/mol. The predicted octanol–water partition coefficient (Wildman–Crippen LogP) is 2.17. The first-order valence-corrected chi connectivity index (χ1v) is 6.71. The van der Waals surface area contributed by atoms with Crippen LogP contribution in [-0.4, -0.2) is 38.3 Å². The SMILES string of the molecule is CCNCc1cc(CN(CC)CCOC)c(C)o1. The van der Waals surface area contributed by atoms with Gasteiger partial charge >= 0.3 is 0 Å². The van der Waals surface area contributed by atoms with Gasteiger partial charge in [-0.2, -0.15) is 0 Å². The molecule has 0 unspecified atom stereocenters. The fourth-order valence-electron chi connectivity index (χ4n) is 1.89. The number of ether oxygens (including phenoxy) is 1. The first kappa shape index (κ1) is 15.2. The van der Waals surface area contributed by atoms with E-state index in [1.807, 2.05) is 6.92 Å². The Hall–Kier alpha value is -0.840. The van der Waals surface area contributed by atoms with Crippen LogP contribution in [0.4, 0.5) is 0 Å². The molecule has 1 aromatic heterocycles. The maximum atomic E-state index is 5.75. The maximum absolute atomic E-state index is 5.75. The second-order valence-corrected chi connectivity index (χ2v) is 4.44. The van der Waals surface area contributed by atoms with Crippen molar-refractivity contribution in [2.24, 2.45) is 0 Å². The molecule has 18 heavy (non-hydrogen) atoms. The van der Waals surface area contributed by atoms with Crippen LogP contribution in [0, 0.1) is 6.92 Å². The van der Waals surface area contributed by atoms with Crippen LogP contribution in [0.15, 0.2) is 10.5 Å². The van der Waals surface area contributed by atoms with E-state index in [0.717, 1.165) is 50.9 Å². The van der Waals surface area contributed by atoms with Crippen LogP contribution >= 0.6 is 0 Å². The highest BCUT2D eigenvalue weighted by molar-refractivity contribution is 5.20. The van der Waals surface area contributed by atoms with E-state index in [0.29, 0.717) is 0 Å². The van der Waals surface area contributed by atoms with Gasteiger partial charge in [-0.05, 0) is 26.1 Å². The van der Waals surface area contributed by atoms with Crippen LogP contribution < -0.4 is 5.32 Å². The van der Waals surface area contributed by atoms with Crippen molar-refractivity contribution in [1.82, 2.24) is 10.2 Å². The molecule has 0 aromatic carbocycles. The summed E-state index contributed by atoms with van der Waals surface area (Å²) in [5, 5.41) is 3.28. The van der Waals surface area contributed by atoms with E-state index in [4.69, 9.17) is 9.15 Å². The summed E-state index contributed by atoms with van der Waals surface area (Å²) in [6, 6.07) is 2.16. The fraction of sp³-hybridized carbons (Fsp3) is 0.714. The van der Waals surface area contributed by atoms with Crippen molar-refractivity contribution < 1.29 is 9.15 Å². The Morgan fingerprint density at radius 3 is 2.78 bits per heavy atom. The number of hydrogen-bond acceptors (Lipinski definition) is 4. The highest BCUT2D eigenvalue weighted by atomic mass is 16.5. The zero-order chi connectivity index (χ0) is 13.4. The quantitative estimate of drug-likeness (QED) is 0.733. The molecular formula is C14H26N2O2. The zero-order valence-corrected chi connectivity index (χ0v) is 12.1. The Balaban J connectivity index is 2.56. The number of methoxy groups -OCH3 is 1. The van der Waals surface area contributed by atoms with Crippen LogP contribution in [0.2, 0.25) is 0 Å². The number of rotatable bonds is 9. The number of likely N-dealkylation sites (N-methyl/N-ethyl adjacent to an activating group) is 1. The third kappa shape index (κ3) is 4.80. The summed E-state index contributed by atoms with van der Waals surface area (Å²) in [6.07, 6.45) is 0. The van der Waals surface area contributed by atoms with Gasteiger partial charge in [-0.3, -0.25) is 4.90 Å². The monoisotopic (exact) mass is 254 g/mol. The van der Waals surface area contributed by atoms with Gasteiger partial charge < -0.3 is 14.5 Å². The third-order valence-corrected chi connectivity index (χ3v) is 3.07. The lowest BCUT2D eigenvalue weighted by molar-refractivity contribution is 0.147. The molecule has 4 heteroatoms. The third-order valence-electron chi connectivity index (χ3n) is 3.07. The van der Waals surface area contributed by atoms with Gasteiger partial charge in [0.15, 0.2) is 0 Å². The standard InChI is InChI=1S/C14H26N2O2/c1-5-15-10-14-9-13(12(3)18-14)11-16(6-2)7-8-17-4/h9,15H,5-8,10-11H2,1-4H3. The molecule has 0 saturated heterocycles. The van der Waals surface area contributed by atoms with Crippen LogP contribution in [0.1, 0.15) is 30.9 Å². The molecule has 0 amide bonds. The molecule has 4 nitrogen and oxygen atoms in total. The minimum absolute atomic E-state index is 0.773. The van der Waals surface area contributed by atoms with E-state index in [-0.39, 0.29) is 0 Å². The molecule has 0 aliphatic rings. The largest absolute Gasteiger partial charge is 0.465 e. The lowest BCUT2D eigenvalue weighted by Crippen LogP contribution is -2.26. The molecule has 0 fully saturated rings. The smallest absolute Gasteiger partial charge is 0.118 e.